The van der Waals surface area contributed by atoms with Crippen LogP contribution in [0.1, 0.15) is 24.5 Å². The van der Waals surface area contributed by atoms with E-state index in [0.717, 1.165) is 30.8 Å². The van der Waals surface area contributed by atoms with Crippen LogP contribution in [0.2, 0.25) is 0 Å². The normalized spacial score (nSPS) is 14.7. The fourth-order valence-corrected chi connectivity index (χ4v) is 2.44. The molecule has 1 atom stereocenters. The summed E-state index contributed by atoms with van der Waals surface area (Å²) in [6.07, 6.45) is 1.70. The van der Waals surface area contributed by atoms with E-state index in [0.29, 0.717) is 13.1 Å². The fraction of sp³-hybridized carbons (Fsp3) is 0.533. The van der Waals surface area contributed by atoms with Gasteiger partial charge in [-0.3, -0.25) is 4.79 Å². The predicted molar refractivity (Wildman–Crippen MR) is 75.0 cm³/mol. The van der Waals surface area contributed by atoms with Crippen LogP contribution >= 0.6 is 0 Å². The summed E-state index contributed by atoms with van der Waals surface area (Å²) >= 11 is 0. The molecule has 2 N–H and O–H groups in total. The van der Waals surface area contributed by atoms with E-state index < -0.39 is 0 Å². The summed E-state index contributed by atoms with van der Waals surface area (Å²) in [6.45, 7) is 3.89. The molecule has 1 aromatic carbocycles. The third-order valence-corrected chi connectivity index (χ3v) is 3.57. The van der Waals surface area contributed by atoms with Crippen LogP contribution in [0.15, 0.2) is 18.2 Å². The average molecular weight is 262 g/mol. The molecule has 0 spiro atoms. The Bertz CT molecular complexity index is 459. The summed E-state index contributed by atoms with van der Waals surface area (Å²) < 4.78 is 5.48. The number of nitrogens with two attached hydrogens (primary N) is 1. The zero-order valence-corrected chi connectivity index (χ0v) is 11.7. The van der Waals surface area contributed by atoms with Crippen LogP contribution in [-0.2, 0) is 17.8 Å². The van der Waals surface area contributed by atoms with Crippen molar-refractivity contribution >= 4 is 5.91 Å². The second-order valence-electron chi connectivity index (χ2n) is 5.21. The minimum atomic E-state index is -0.00670. The molecule has 2 rings (SSSR count). The van der Waals surface area contributed by atoms with Gasteiger partial charge in [-0.05, 0) is 30.2 Å². The third kappa shape index (κ3) is 3.26. The predicted octanol–water partition coefficient (Wildman–Crippen LogP) is 1.56. The SMILES string of the molecule is CC(CCN)C(=O)N(C)Cc1ccc2c(c1)CCO2. The molecule has 0 fully saturated rings. The van der Waals surface area contributed by atoms with E-state index in [1.54, 1.807) is 4.90 Å². The Balaban J connectivity index is 1.98. The van der Waals surface area contributed by atoms with E-state index >= 15 is 0 Å². The van der Waals surface area contributed by atoms with Crippen molar-refractivity contribution in [2.24, 2.45) is 11.7 Å². The number of hydrogen-bond donors (Lipinski definition) is 1. The molecule has 1 aliphatic rings. The summed E-state index contributed by atoms with van der Waals surface area (Å²) in [4.78, 5) is 13.9. The Kier molecular flexibility index (Phi) is 4.43. The molecule has 19 heavy (non-hydrogen) atoms. The first-order valence-electron chi connectivity index (χ1n) is 6.81. The summed E-state index contributed by atoms with van der Waals surface area (Å²) in [5, 5.41) is 0. The van der Waals surface area contributed by atoms with Gasteiger partial charge in [0.25, 0.3) is 0 Å². The zero-order chi connectivity index (χ0) is 13.8. The van der Waals surface area contributed by atoms with Gasteiger partial charge >= 0.3 is 0 Å². The molecule has 0 saturated heterocycles. The van der Waals surface area contributed by atoms with Gasteiger partial charge in [-0.25, -0.2) is 0 Å². The van der Waals surface area contributed by atoms with Crippen molar-refractivity contribution in [3.8, 4) is 5.75 Å². The number of nitrogens with zero attached hydrogens (tertiary/aromatic N) is 1. The molecule has 0 radical (unpaired) electrons. The lowest BCUT2D eigenvalue weighted by molar-refractivity contribution is -0.134. The first kappa shape index (κ1) is 13.9. The van der Waals surface area contributed by atoms with Crippen molar-refractivity contribution in [3.05, 3.63) is 29.3 Å². The fourth-order valence-electron chi connectivity index (χ4n) is 2.44. The maximum absolute atomic E-state index is 12.1. The third-order valence-electron chi connectivity index (χ3n) is 3.57. The number of carbonyl (C=O) groups excluding carboxylic acids is 1. The Hall–Kier alpha value is -1.55. The molecule has 1 unspecified atom stereocenters. The molecular formula is C15H22N2O2. The van der Waals surface area contributed by atoms with E-state index in [1.165, 1.54) is 5.56 Å². The van der Waals surface area contributed by atoms with Crippen molar-refractivity contribution in [1.29, 1.82) is 0 Å². The van der Waals surface area contributed by atoms with Gasteiger partial charge in [-0.2, -0.15) is 0 Å². The quantitative estimate of drug-likeness (QED) is 0.876. The van der Waals surface area contributed by atoms with Crippen LogP contribution in [-0.4, -0.2) is 31.0 Å². The van der Waals surface area contributed by atoms with Gasteiger partial charge < -0.3 is 15.4 Å². The second kappa shape index (κ2) is 6.06. The first-order valence-corrected chi connectivity index (χ1v) is 6.81. The van der Waals surface area contributed by atoms with E-state index in [-0.39, 0.29) is 11.8 Å². The molecule has 0 aliphatic carbocycles. The van der Waals surface area contributed by atoms with Crippen LogP contribution in [0.25, 0.3) is 0 Å². The van der Waals surface area contributed by atoms with Crippen LogP contribution < -0.4 is 10.5 Å². The number of benzene rings is 1. The van der Waals surface area contributed by atoms with Crippen LogP contribution in [0.3, 0.4) is 0 Å². The van der Waals surface area contributed by atoms with Gasteiger partial charge in [0.2, 0.25) is 5.91 Å². The lowest BCUT2D eigenvalue weighted by atomic mass is 10.1. The number of amides is 1. The lowest BCUT2D eigenvalue weighted by Gasteiger charge is -2.21. The van der Waals surface area contributed by atoms with Crippen molar-refractivity contribution < 1.29 is 9.53 Å². The number of hydrogen-bond acceptors (Lipinski definition) is 3. The van der Waals surface area contributed by atoms with Gasteiger partial charge in [0.15, 0.2) is 0 Å². The maximum Gasteiger partial charge on any atom is 0.225 e. The van der Waals surface area contributed by atoms with Gasteiger partial charge in [0, 0.05) is 25.9 Å². The highest BCUT2D eigenvalue weighted by atomic mass is 16.5. The molecule has 0 aromatic heterocycles. The topological polar surface area (TPSA) is 55.6 Å². The highest BCUT2D eigenvalue weighted by Gasteiger charge is 2.18. The van der Waals surface area contributed by atoms with Gasteiger partial charge in [0.1, 0.15) is 5.75 Å². The Morgan fingerprint density at radius 3 is 3.05 bits per heavy atom. The first-order chi connectivity index (χ1) is 9.11. The molecule has 1 amide bonds. The largest absolute Gasteiger partial charge is 0.493 e. The van der Waals surface area contributed by atoms with Gasteiger partial charge in [-0.1, -0.05) is 19.1 Å². The molecule has 1 aromatic rings. The lowest BCUT2D eigenvalue weighted by Crippen LogP contribution is -2.32. The molecule has 0 saturated carbocycles. The van der Waals surface area contributed by atoms with Crippen molar-refractivity contribution in [2.45, 2.75) is 26.3 Å². The number of rotatable bonds is 5. The summed E-state index contributed by atoms with van der Waals surface area (Å²) in [5.74, 6) is 1.13. The molecule has 4 nitrogen and oxygen atoms in total. The summed E-state index contributed by atoms with van der Waals surface area (Å²) in [6, 6.07) is 6.17. The van der Waals surface area contributed by atoms with Crippen LogP contribution in [0.4, 0.5) is 0 Å². The minimum Gasteiger partial charge on any atom is -0.493 e. The monoisotopic (exact) mass is 262 g/mol. The molecule has 1 aliphatic heterocycles. The standard InChI is InChI=1S/C15H22N2O2/c1-11(5-7-16)15(18)17(2)10-12-3-4-14-13(9-12)6-8-19-14/h3-4,9,11H,5-8,10,16H2,1-2H3. The zero-order valence-electron chi connectivity index (χ0n) is 11.7. The molecule has 104 valence electrons. The van der Waals surface area contributed by atoms with Crippen molar-refractivity contribution in [1.82, 2.24) is 4.90 Å². The van der Waals surface area contributed by atoms with Crippen LogP contribution in [0.5, 0.6) is 5.75 Å². The Morgan fingerprint density at radius 2 is 2.32 bits per heavy atom. The van der Waals surface area contributed by atoms with Gasteiger partial charge in [0.05, 0.1) is 6.61 Å². The molecular weight excluding hydrogens is 240 g/mol. The second-order valence-corrected chi connectivity index (χ2v) is 5.21. The minimum absolute atomic E-state index is 0.00670. The van der Waals surface area contributed by atoms with Crippen LogP contribution in [0, 0.1) is 5.92 Å². The maximum atomic E-state index is 12.1. The van der Waals surface area contributed by atoms with E-state index in [9.17, 15) is 4.79 Å². The smallest absolute Gasteiger partial charge is 0.225 e. The molecule has 1 heterocycles. The Labute approximate surface area is 114 Å². The van der Waals surface area contributed by atoms with E-state index in [4.69, 9.17) is 10.5 Å². The van der Waals surface area contributed by atoms with E-state index in [2.05, 4.69) is 6.07 Å². The number of ether oxygens (including phenoxy) is 1. The Morgan fingerprint density at radius 1 is 1.53 bits per heavy atom. The highest BCUT2D eigenvalue weighted by molar-refractivity contribution is 5.78. The van der Waals surface area contributed by atoms with Gasteiger partial charge in [-0.15, -0.1) is 0 Å². The van der Waals surface area contributed by atoms with Crippen molar-refractivity contribution in [3.63, 3.8) is 0 Å². The van der Waals surface area contributed by atoms with Crippen molar-refractivity contribution in [2.75, 3.05) is 20.2 Å². The number of carbonyl (C=O) groups is 1. The summed E-state index contributed by atoms with van der Waals surface area (Å²) in [5.41, 5.74) is 7.89. The summed E-state index contributed by atoms with van der Waals surface area (Å²) in [7, 11) is 1.85. The molecule has 4 heteroatoms. The number of fused-ring (bicyclic) bond motifs is 1. The average Bonchev–Trinajstić information content (AvgIpc) is 2.85. The molecule has 0 bridgehead atoms. The van der Waals surface area contributed by atoms with E-state index in [1.807, 2.05) is 26.1 Å². The highest BCUT2D eigenvalue weighted by Crippen LogP contribution is 2.26.